The zero-order chi connectivity index (χ0) is 21.2. The summed E-state index contributed by atoms with van der Waals surface area (Å²) in [5, 5.41) is 0.904. The van der Waals surface area contributed by atoms with Crippen LogP contribution in [0.15, 0.2) is 95.7 Å². The Morgan fingerprint density at radius 1 is 0.935 bits per heavy atom. The van der Waals surface area contributed by atoms with Crippen molar-refractivity contribution < 1.29 is 9.21 Å². The number of rotatable bonds is 5. The minimum absolute atomic E-state index is 0.203. The van der Waals surface area contributed by atoms with Crippen LogP contribution in [0.25, 0.3) is 22.1 Å². The van der Waals surface area contributed by atoms with Crippen molar-refractivity contribution in [3.8, 4) is 11.1 Å². The van der Waals surface area contributed by atoms with Gasteiger partial charge in [0, 0.05) is 16.8 Å². The number of aromatic nitrogens is 2. The average molecular weight is 407 g/mol. The molecule has 3 aromatic carbocycles. The molecule has 0 saturated heterocycles. The molecule has 0 radical (unpaired) electrons. The summed E-state index contributed by atoms with van der Waals surface area (Å²) >= 11 is 0. The lowest BCUT2D eigenvalue weighted by Gasteiger charge is -2.21. The molecule has 31 heavy (non-hydrogen) atoms. The van der Waals surface area contributed by atoms with E-state index < -0.39 is 0 Å². The average Bonchev–Trinajstić information content (AvgIpc) is 3.43. The van der Waals surface area contributed by atoms with E-state index in [2.05, 4.69) is 22.1 Å². The third-order valence-corrected chi connectivity index (χ3v) is 5.41. The number of aryl methyl sites for hydroxylation is 1. The predicted molar refractivity (Wildman–Crippen MR) is 122 cm³/mol. The zero-order valence-electron chi connectivity index (χ0n) is 17.1. The second kappa shape index (κ2) is 7.95. The van der Waals surface area contributed by atoms with Crippen molar-refractivity contribution in [3.05, 3.63) is 108 Å². The molecule has 5 aromatic rings. The number of benzene rings is 3. The van der Waals surface area contributed by atoms with E-state index in [-0.39, 0.29) is 5.91 Å². The van der Waals surface area contributed by atoms with Crippen LogP contribution in [0.5, 0.6) is 0 Å². The van der Waals surface area contributed by atoms with Gasteiger partial charge in [-0.25, -0.2) is 4.98 Å². The first-order chi connectivity index (χ1) is 15.2. The molecule has 5 rings (SSSR count). The Kier molecular flexibility index (Phi) is 4.84. The molecule has 0 saturated carbocycles. The van der Waals surface area contributed by atoms with Crippen LogP contribution < -0.4 is 4.90 Å². The molecule has 152 valence electrons. The number of carbonyl (C=O) groups excluding carboxylic acids is 1. The Balaban J connectivity index is 1.52. The quantitative estimate of drug-likeness (QED) is 0.390. The van der Waals surface area contributed by atoms with Gasteiger partial charge in [-0.05, 0) is 42.3 Å². The van der Waals surface area contributed by atoms with E-state index in [4.69, 9.17) is 4.42 Å². The van der Waals surface area contributed by atoms with Crippen molar-refractivity contribution in [1.82, 2.24) is 9.97 Å². The Labute approximate surface area is 180 Å². The number of amides is 1. The van der Waals surface area contributed by atoms with Crippen LogP contribution in [0.1, 0.15) is 21.9 Å². The van der Waals surface area contributed by atoms with Crippen molar-refractivity contribution in [1.29, 1.82) is 0 Å². The van der Waals surface area contributed by atoms with Crippen LogP contribution in [0.4, 0.5) is 5.69 Å². The molecule has 0 bridgehead atoms. The smallest absolute Gasteiger partial charge is 0.294 e. The summed E-state index contributed by atoms with van der Waals surface area (Å²) in [5.41, 5.74) is 5.46. The normalized spacial score (nSPS) is 11.0. The van der Waals surface area contributed by atoms with Crippen molar-refractivity contribution in [2.75, 3.05) is 4.90 Å². The van der Waals surface area contributed by atoms with E-state index in [1.165, 1.54) is 0 Å². The summed E-state index contributed by atoms with van der Waals surface area (Å²) in [6, 6.07) is 27.6. The number of aromatic amines is 1. The van der Waals surface area contributed by atoms with Crippen LogP contribution in [-0.2, 0) is 6.54 Å². The number of para-hydroxylation sites is 1. The van der Waals surface area contributed by atoms with E-state index in [1.807, 2.05) is 73.7 Å². The topological polar surface area (TPSA) is 62.1 Å². The van der Waals surface area contributed by atoms with Gasteiger partial charge in [0.25, 0.3) is 5.91 Å². The minimum Gasteiger partial charge on any atom is -0.451 e. The van der Waals surface area contributed by atoms with Gasteiger partial charge in [-0.15, -0.1) is 0 Å². The number of imidazole rings is 1. The van der Waals surface area contributed by atoms with Crippen LogP contribution in [0.2, 0.25) is 0 Å². The summed E-state index contributed by atoms with van der Waals surface area (Å²) in [6.45, 7) is 2.29. The van der Waals surface area contributed by atoms with Crippen molar-refractivity contribution in [2.45, 2.75) is 13.5 Å². The maximum atomic E-state index is 13.5. The fourth-order valence-corrected chi connectivity index (χ4v) is 3.66. The summed E-state index contributed by atoms with van der Waals surface area (Å²) in [7, 11) is 0. The van der Waals surface area contributed by atoms with Crippen molar-refractivity contribution in [3.63, 3.8) is 0 Å². The molecule has 1 N–H and O–H groups in total. The van der Waals surface area contributed by atoms with E-state index in [9.17, 15) is 4.79 Å². The van der Waals surface area contributed by atoms with Gasteiger partial charge in [-0.2, -0.15) is 0 Å². The van der Waals surface area contributed by atoms with Crippen LogP contribution in [0, 0.1) is 6.92 Å². The summed E-state index contributed by atoms with van der Waals surface area (Å²) in [6.07, 6.45) is 1.65. The summed E-state index contributed by atoms with van der Waals surface area (Å²) < 4.78 is 5.86. The summed E-state index contributed by atoms with van der Waals surface area (Å²) in [4.78, 5) is 22.7. The fraction of sp³-hybridized carbons (Fsp3) is 0.0769. The summed E-state index contributed by atoms with van der Waals surface area (Å²) in [5.74, 6) is 0.104. The molecule has 2 aromatic heterocycles. The van der Waals surface area contributed by atoms with Crippen molar-refractivity contribution in [2.24, 2.45) is 0 Å². The van der Waals surface area contributed by atoms with Gasteiger partial charge < -0.3 is 9.40 Å². The lowest BCUT2D eigenvalue weighted by molar-refractivity contribution is 0.0960. The molecular formula is C26H21N3O2. The maximum absolute atomic E-state index is 13.5. The Morgan fingerprint density at radius 3 is 2.35 bits per heavy atom. The maximum Gasteiger partial charge on any atom is 0.294 e. The number of anilines is 1. The standard InChI is InChI=1S/C26H21N3O2/c1-18-23(28-17-27-18)16-29(26(30)25-15-21-9-5-6-10-24(21)31-25)22-13-11-20(12-14-22)19-7-3-2-4-8-19/h2-15,17H,16H2,1H3,(H,27,28). The first kappa shape index (κ1) is 18.9. The van der Waals surface area contributed by atoms with E-state index >= 15 is 0 Å². The second-order valence-corrected chi connectivity index (χ2v) is 7.43. The first-order valence-corrected chi connectivity index (χ1v) is 10.1. The Bertz CT molecular complexity index is 1300. The molecule has 0 atom stereocenters. The number of hydrogen-bond donors (Lipinski definition) is 1. The van der Waals surface area contributed by atoms with Gasteiger partial charge in [0.1, 0.15) is 5.58 Å². The third kappa shape index (κ3) is 3.73. The number of hydrogen-bond acceptors (Lipinski definition) is 3. The van der Waals surface area contributed by atoms with E-state index in [1.54, 1.807) is 17.3 Å². The lowest BCUT2D eigenvalue weighted by Crippen LogP contribution is -2.30. The van der Waals surface area contributed by atoms with Crippen molar-refractivity contribution >= 4 is 22.6 Å². The lowest BCUT2D eigenvalue weighted by atomic mass is 10.1. The Morgan fingerprint density at radius 2 is 1.65 bits per heavy atom. The predicted octanol–water partition coefficient (Wildman–Crippen LogP) is 5.98. The van der Waals surface area contributed by atoms with Crippen LogP contribution >= 0.6 is 0 Å². The fourth-order valence-electron chi connectivity index (χ4n) is 3.66. The Hall–Kier alpha value is -4.12. The number of fused-ring (bicyclic) bond motifs is 1. The molecule has 5 heteroatoms. The number of H-pyrrole nitrogens is 1. The molecule has 0 aliphatic carbocycles. The van der Waals surface area contributed by atoms with Crippen LogP contribution in [0.3, 0.4) is 0 Å². The molecule has 0 aliphatic rings. The number of nitrogens with one attached hydrogen (secondary N) is 1. The van der Waals surface area contributed by atoms with Gasteiger partial charge in [0.05, 0.1) is 18.6 Å². The van der Waals surface area contributed by atoms with Gasteiger partial charge in [0.15, 0.2) is 5.76 Å². The zero-order valence-corrected chi connectivity index (χ0v) is 17.1. The molecule has 2 heterocycles. The number of nitrogens with zero attached hydrogens (tertiary/aromatic N) is 2. The SMILES string of the molecule is Cc1[nH]cnc1CN(C(=O)c1cc2ccccc2o1)c1ccc(-c2ccccc2)cc1. The van der Waals surface area contributed by atoms with Crippen LogP contribution in [-0.4, -0.2) is 15.9 Å². The van der Waals surface area contributed by atoms with Gasteiger partial charge in [0.2, 0.25) is 0 Å². The van der Waals surface area contributed by atoms with Gasteiger partial charge in [-0.1, -0.05) is 60.7 Å². The third-order valence-electron chi connectivity index (χ3n) is 5.41. The van der Waals surface area contributed by atoms with E-state index in [0.717, 1.165) is 33.6 Å². The van der Waals surface area contributed by atoms with Gasteiger partial charge >= 0.3 is 0 Å². The highest BCUT2D eigenvalue weighted by molar-refractivity contribution is 6.06. The number of carbonyl (C=O) groups is 1. The second-order valence-electron chi connectivity index (χ2n) is 7.43. The molecule has 5 nitrogen and oxygen atoms in total. The molecule has 0 spiro atoms. The molecular weight excluding hydrogens is 386 g/mol. The molecule has 1 amide bonds. The monoisotopic (exact) mass is 407 g/mol. The highest BCUT2D eigenvalue weighted by Gasteiger charge is 2.23. The molecule has 0 fully saturated rings. The molecule has 0 unspecified atom stereocenters. The molecule has 0 aliphatic heterocycles. The largest absolute Gasteiger partial charge is 0.451 e. The number of furan rings is 1. The highest BCUT2D eigenvalue weighted by atomic mass is 16.3. The first-order valence-electron chi connectivity index (χ1n) is 10.1. The highest BCUT2D eigenvalue weighted by Crippen LogP contribution is 2.27. The van der Waals surface area contributed by atoms with E-state index in [0.29, 0.717) is 17.9 Å². The minimum atomic E-state index is -0.203. The van der Waals surface area contributed by atoms with Gasteiger partial charge in [-0.3, -0.25) is 9.69 Å².